The molecule has 0 aliphatic rings. The van der Waals surface area contributed by atoms with Crippen molar-refractivity contribution >= 4 is 6.03 Å². The number of nitrogens with zero attached hydrogens (tertiary/aromatic N) is 1. The van der Waals surface area contributed by atoms with Gasteiger partial charge in [-0.25, -0.2) is 4.79 Å². The summed E-state index contributed by atoms with van der Waals surface area (Å²) in [6, 6.07) is -0.744. The minimum atomic E-state index is -1.31. The van der Waals surface area contributed by atoms with Crippen molar-refractivity contribution in [3.8, 4) is 0 Å². The molecular weight excluding hydrogens is 148 g/mol. The van der Waals surface area contributed by atoms with Gasteiger partial charge in [-0.05, 0) is 13.8 Å². The van der Waals surface area contributed by atoms with Gasteiger partial charge in [0, 0.05) is 6.54 Å². The van der Waals surface area contributed by atoms with Crippen LogP contribution in [0.3, 0.4) is 0 Å². The molecule has 2 amide bonds. The first-order valence-corrected chi connectivity index (χ1v) is 3.30. The third-order valence-corrected chi connectivity index (χ3v) is 1.25. The van der Waals surface area contributed by atoms with E-state index in [0.717, 1.165) is 4.90 Å². The number of primary amides is 1. The molecule has 0 fully saturated rings. The van der Waals surface area contributed by atoms with E-state index < -0.39 is 11.8 Å². The molecule has 4 N–H and O–H groups in total. The van der Waals surface area contributed by atoms with Crippen LogP contribution in [-0.2, 0) is 0 Å². The van der Waals surface area contributed by atoms with E-state index in [0.29, 0.717) is 0 Å². The average molecular weight is 162 g/mol. The Morgan fingerprint density at radius 3 is 2.18 bits per heavy atom. The van der Waals surface area contributed by atoms with Gasteiger partial charge in [0.1, 0.15) is 5.72 Å². The number of hydrogen-bond donors (Lipinski definition) is 3. The summed E-state index contributed by atoms with van der Waals surface area (Å²) < 4.78 is 0. The number of amides is 2. The molecular formula is C6H14N2O3. The molecule has 0 unspecified atom stereocenters. The second-order valence-electron chi connectivity index (χ2n) is 2.71. The van der Waals surface area contributed by atoms with Gasteiger partial charge in [-0.2, -0.15) is 0 Å². The summed E-state index contributed by atoms with van der Waals surface area (Å²) in [6.45, 7) is 2.67. The van der Waals surface area contributed by atoms with Crippen molar-refractivity contribution < 1.29 is 15.0 Å². The molecule has 0 heterocycles. The second-order valence-corrected chi connectivity index (χ2v) is 2.71. The van der Waals surface area contributed by atoms with E-state index in [2.05, 4.69) is 0 Å². The van der Waals surface area contributed by atoms with Gasteiger partial charge in [-0.3, -0.25) is 4.90 Å². The third kappa shape index (κ3) is 3.20. The maximum Gasteiger partial charge on any atom is 0.317 e. The summed E-state index contributed by atoms with van der Waals surface area (Å²) >= 11 is 0. The van der Waals surface area contributed by atoms with Crippen molar-refractivity contribution in [3.63, 3.8) is 0 Å². The number of aliphatic hydroxyl groups excluding tert-OH is 1. The fourth-order valence-electron chi connectivity index (χ4n) is 0.753. The largest absolute Gasteiger partial charge is 0.395 e. The van der Waals surface area contributed by atoms with Crippen molar-refractivity contribution in [3.05, 3.63) is 0 Å². The maximum atomic E-state index is 10.6. The van der Waals surface area contributed by atoms with Crippen molar-refractivity contribution in [2.45, 2.75) is 19.6 Å². The van der Waals surface area contributed by atoms with Crippen molar-refractivity contribution in [1.29, 1.82) is 0 Å². The summed E-state index contributed by atoms with van der Waals surface area (Å²) in [4.78, 5) is 11.6. The van der Waals surface area contributed by atoms with E-state index >= 15 is 0 Å². The van der Waals surface area contributed by atoms with Crippen LogP contribution in [0.25, 0.3) is 0 Å². The molecule has 0 rings (SSSR count). The number of rotatable bonds is 3. The molecule has 0 radical (unpaired) electrons. The lowest BCUT2D eigenvalue weighted by atomic mass is 10.2. The van der Waals surface area contributed by atoms with Gasteiger partial charge >= 0.3 is 6.03 Å². The van der Waals surface area contributed by atoms with Gasteiger partial charge < -0.3 is 15.9 Å². The van der Waals surface area contributed by atoms with Gasteiger partial charge in [0.2, 0.25) is 0 Å². The molecule has 66 valence electrons. The lowest BCUT2D eigenvalue weighted by Crippen LogP contribution is -2.51. The van der Waals surface area contributed by atoms with Crippen LogP contribution in [0.5, 0.6) is 0 Å². The molecule has 0 atom stereocenters. The van der Waals surface area contributed by atoms with Gasteiger partial charge in [-0.15, -0.1) is 0 Å². The molecule has 0 aromatic rings. The predicted octanol–water partition coefficient (Wildman–Crippen LogP) is -0.912. The SMILES string of the molecule is CC(C)(O)N(CCO)C(N)=O. The Hall–Kier alpha value is -0.810. The maximum absolute atomic E-state index is 10.6. The third-order valence-electron chi connectivity index (χ3n) is 1.25. The number of carbonyl (C=O) groups excluding carboxylic acids is 1. The highest BCUT2D eigenvalue weighted by atomic mass is 16.3. The second kappa shape index (κ2) is 3.54. The Bertz CT molecular complexity index is 141. The van der Waals surface area contributed by atoms with Crippen molar-refractivity contribution in [1.82, 2.24) is 4.90 Å². The lowest BCUT2D eigenvalue weighted by Gasteiger charge is -2.31. The molecule has 0 saturated heterocycles. The minimum absolute atomic E-state index is 0.0405. The minimum Gasteiger partial charge on any atom is -0.395 e. The van der Waals surface area contributed by atoms with Crippen LogP contribution >= 0.6 is 0 Å². The van der Waals surface area contributed by atoms with E-state index in [9.17, 15) is 9.90 Å². The topological polar surface area (TPSA) is 86.8 Å². The Morgan fingerprint density at radius 1 is 1.64 bits per heavy atom. The molecule has 11 heavy (non-hydrogen) atoms. The number of hydrogen-bond acceptors (Lipinski definition) is 3. The number of carbonyl (C=O) groups is 1. The van der Waals surface area contributed by atoms with E-state index in [1.54, 1.807) is 0 Å². The molecule has 0 aliphatic carbocycles. The van der Waals surface area contributed by atoms with Crippen LogP contribution in [0.15, 0.2) is 0 Å². The molecule has 0 aliphatic heterocycles. The summed E-state index contributed by atoms with van der Waals surface area (Å²) in [7, 11) is 0. The monoisotopic (exact) mass is 162 g/mol. The summed E-state index contributed by atoms with van der Waals surface area (Å²) in [6.07, 6.45) is 0. The van der Waals surface area contributed by atoms with Crippen LogP contribution < -0.4 is 5.73 Å². The van der Waals surface area contributed by atoms with Crippen LogP contribution in [0, 0.1) is 0 Å². The first kappa shape index (κ1) is 10.2. The Morgan fingerprint density at radius 2 is 2.09 bits per heavy atom. The van der Waals surface area contributed by atoms with Gasteiger partial charge in [0.25, 0.3) is 0 Å². The fourth-order valence-corrected chi connectivity index (χ4v) is 0.753. The van der Waals surface area contributed by atoms with E-state index in [1.807, 2.05) is 0 Å². The van der Waals surface area contributed by atoms with E-state index in [1.165, 1.54) is 13.8 Å². The number of nitrogens with two attached hydrogens (primary N) is 1. The van der Waals surface area contributed by atoms with Gasteiger partial charge in [0.15, 0.2) is 0 Å². The van der Waals surface area contributed by atoms with Crippen LogP contribution in [0.4, 0.5) is 4.79 Å². The average Bonchev–Trinajstić information content (AvgIpc) is 1.79. The number of urea groups is 1. The predicted molar refractivity (Wildman–Crippen MR) is 39.7 cm³/mol. The fraction of sp³-hybridized carbons (Fsp3) is 0.833. The zero-order valence-corrected chi connectivity index (χ0v) is 6.74. The summed E-state index contributed by atoms with van der Waals surface area (Å²) in [5, 5.41) is 17.8. The van der Waals surface area contributed by atoms with Gasteiger partial charge in [-0.1, -0.05) is 0 Å². The molecule has 0 aromatic carbocycles. The lowest BCUT2D eigenvalue weighted by molar-refractivity contribution is -0.0532. The molecule has 0 spiro atoms. The highest BCUT2D eigenvalue weighted by Crippen LogP contribution is 2.08. The Labute approximate surface area is 65.4 Å². The Balaban J connectivity index is 4.22. The highest BCUT2D eigenvalue weighted by molar-refractivity contribution is 5.72. The summed E-state index contributed by atoms with van der Waals surface area (Å²) in [5.41, 5.74) is 3.61. The quantitative estimate of drug-likeness (QED) is 0.469. The van der Waals surface area contributed by atoms with Gasteiger partial charge in [0.05, 0.1) is 6.61 Å². The van der Waals surface area contributed by atoms with Crippen molar-refractivity contribution in [2.24, 2.45) is 5.73 Å². The molecule has 0 saturated carbocycles. The van der Waals surface area contributed by atoms with E-state index in [4.69, 9.17) is 10.8 Å². The van der Waals surface area contributed by atoms with Crippen molar-refractivity contribution in [2.75, 3.05) is 13.2 Å². The first-order valence-electron chi connectivity index (χ1n) is 3.30. The zero-order valence-electron chi connectivity index (χ0n) is 6.74. The molecule has 0 bridgehead atoms. The first-order chi connectivity index (χ1) is 4.89. The molecule has 5 heteroatoms. The molecule has 0 aromatic heterocycles. The van der Waals surface area contributed by atoms with Crippen LogP contribution in [0.2, 0.25) is 0 Å². The van der Waals surface area contributed by atoms with Crippen LogP contribution in [0.1, 0.15) is 13.8 Å². The van der Waals surface area contributed by atoms with E-state index in [-0.39, 0.29) is 13.2 Å². The van der Waals surface area contributed by atoms with Crippen LogP contribution in [-0.4, -0.2) is 40.0 Å². The zero-order chi connectivity index (χ0) is 9.07. The number of aliphatic hydroxyl groups is 2. The normalized spacial score (nSPS) is 11.3. The summed E-state index contributed by atoms with van der Waals surface area (Å²) in [5.74, 6) is 0. The smallest absolute Gasteiger partial charge is 0.317 e. The highest BCUT2D eigenvalue weighted by Gasteiger charge is 2.25. The molecule has 5 nitrogen and oxygen atoms in total. The Kier molecular flexibility index (Phi) is 3.28. The standard InChI is InChI=1S/C6H14N2O3/c1-6(2,11)8(3-4-9)5(7)10/h9,11H,3-4H2,1-2H3,(H2,7,10).